The molecule has 1 saturated carbocycles. The van der Waals surface area contributed by atoms with Gasteiger partial charge in [0.15, 0.2) is 0 Å². The number of rotatable bonds is 4. The van der Waals surface area contributed by atoms with Crippen LogP contribution in [0.4, 0.5) is 0 Å². The molecule has 98 valence electrons. The minimum atomic E-state index is 0.0543. The van der Waals surface area contributed by atoms with Crippen molar-refractivity contribution in [2.45, 2.75) is 37.7 Å². The Hall–Kier alpha value is -0.860. The van der Waals surface area contributed by atoms with Gasteiger partial charge in [-0.25, -0.2) is 0 Å². The van der Waals surface area contributed by atoms with Crippen LogP contribution >= 0.6 is 0 Å². The molecular formula is C16H23NO. The van der Waals surface area contributed by atoms with Crippen LogP contribution in [0, 0.1) is 5.92 Å². The van der Waals surface area contributed by atoms with Gasteiger partial charge < -0.3 is 10.1 Å². The molecule has 2 aliphatic rings. The van der Waals surface area contributed by atoms with E-state index in [-0.39, 0.29) is 5.60 Å². The maximum atomic E-state index is 5.75. The molecule has 1 aliphatic carbocycles. The Kier molecular flexibility index (Phi) is 3.40. The van der Waals surface area contributed by atoms with Crippen molar-refractivity contribution in [3.63, 3.8) is 0 Å². The lowest BCUT2D eigenvalue weighted by molar-refractivity contribution is 0.0779. The van der Waals surface area contributed by atoms with Crippen LogP contribution < -0.4 is 5.32 Å². The summed E-state index contributed by atoms with van der Waals surface area (Å²) in [5, 5.41) is 3.51. The van der Waals surface area contributed by atoms with Crippen LogP contribution in [0.3, 0.4) is 0 Å². The quantitative estimate of drug-likeness (QED) is 0.880. The van der Waals surface area contributed by atoms with E-state index in [1.807, 2.05) is 7.11 Å². The third-order valence-corrected chi connectivity index (χ3v) is 4.51. The van der Waals surface area contributed by atoms with Crippen LogP contribution in [0.15, 0.2) is 24.3 Å². The molecule has 0 amide bonds. The van der Waals surface area contributed by atoms with Crippen molar-refractivity contribution in [3.8, 4) is 0 Å². The maximum absolute atomic E-state index is 5.75. The van der Waals surface area contributed by atoms with Gasteiger partial charge in [-0.1, -0.05) is 24.3 Å². The Morgan fingerprint density at radius 2 is 2.17 bits per heavy atom. The first-order valence-electron chi connectivity index (χ1n) is 7.18. The molecule has 2 heteroatoms. The maximum Gasteiger partial charge on any atom is 0.0932 e. The fraction of sp³-hybridized carbons (Fsp3) is 0.625. The lowest BCUT2D eigenvalue weighted by Crippen LogP contribution is -2.31. The van der Waals surface area contributed by atoms with Gasteiger partial charge in [0.1, 0.15) is 0 Å². The van der Waals surface area contributed by atoms with Gasteiger partial charge in [-0.15, -0.1) is 0 Å². The number of methoxy groups -OCH3 is 1. The van der Waals surface area contributed by atoms with E-state index in [1.165, 1.54) is 56.3 Å². The largest absolute Gasteiger partial charge is 0.374 e. The molecule has 1 atom stereocenters. The number of hydrogen-bond acceptors (Lipinski definition) is 2. The molecule has 0 spiro atoms. The lowest BCUT2D eigenvalue weighted by Gasteiger charge is -2.25. The zero-order valence-electron chi connectivity index (χ0n) is 11.2. The van der Waals surface area contributed by atoms with Gasteiger partial charge >= 0.3 is 0 Å². The van der Waals surface area contributed by atoms with Gasteiger partial charge in [-0.05, 0) is 62.2 Å². The summed E-state index contributed by atoms with van der Waals surface area (Å²) in [5.41, 5.74) is 3.00. The molecule has 2 fully saturated rings. The Bertz CT molecular complexity index is 405. The molecule has 2 nitrogen and oxygen atoms in total. The number of benzene rings is 1. The fourth-order valence-corrected chi connectivity index (χ4v) is 3.25. The van der Waals surface area contributed by atoms with Crippen LogP contribution in [0.5, 0.6) is 0 Å². The Balaban J connectivity index is 1.79. The molecule has 0 radical (unpaired) electrons. The van der Waals surface area contributed by atoms with E-state index in [9.17, 15) is 0 Å². The topological polar surface area (TPSA) is 21.3 Å². The van der Waals surface area contributed by atoms with Crippen molar-refractivity contribution >= 4 is 0 Å². The highest BCUT2D eigenvalue weighted by atomic mass is 16.5. The molecule has 1 unspecified atom stereocenters. The van der Waals surface area contributed by atoms with Crippen molar-refractivity contribution in [3.05, 3.63) is 35.4 Å². The second-order valence-corrected chi connectivity index (χ2v) is 5.77. The van der Waals surface area contributed by atoms with E-state index in [4.69, 9.17) is 4.74 Å². The standard InChI is InChI=1S/C16H23NO/c1-18-16(8-9-16)15-7-3-2-6-14(15)11-13-5-4-10-17-12-13/h2-3,6-7,13,17H,4-5,8-12H2,1H3. The van der Waals surface area contributed by atoms with Crippen molar-refractivity contribution < 1.29 is 4.74 Å². The van der Waals surface area contributed by atoms with Gasteiger partial charge in [-0.3, -0.25) is 0 Å². The van der Waals surface area contributed by atoms with E-state index in [0.717, 1.165) is 5.92 Å². The molecule has 0 bridgehead atoms. The normalized spacial score (nSPS) is 25.9. The summed E-state index contributed by atoms with van der Waals surface area (Å²) in [5.74, 6) is 0.799. The molecule has 0 aromatic heterocycles. The first kappa shape index (κ1) is 12.2. The van der Waals surface area contributed by atoms with E-state index >= 15 is 0 Å². The third-order valence-electron chi connectivity index (χ3n) is 4.51. The number of piperidine rings is 1. The minimum Gasteiger partial charge on any atom is -0.374 e. The summed E-state index contributed by atoms with van der Waals surface area (Å²) in [6, 6.07) is 8.88. The summed E-state index contributed by atoms with van der Waals surface area (Å²) in [7, 11) is 1.85. The number of ether oxygens (including phenoxy) is 1. The Labute approximate surface area is 110 Å². The van der Waals surface area contributed by atoms with Crippen molar-refractivity contribution in [1.29, 1.82) is 0 Å². The van der Waals surface area contributed by atoms with Gasteiger partial charge in [0.2, 0.25) is 0 Å². The first-order chi connectivity index (χ1) is 8.84. The van der Waals surface area contributed by atoms with E-state index in [2.05, 4.69) is 29.6 Å². The van der Waals surface area contributed by atoms with Gasteiger partial charge in [-0.2, -0.15) is 0 Å². The van der Waals surface area contributed by atoms with Crippen molar-refractivity contribution in [1.82, 2.24) is 5.32 Å². The van der Waals surface area contributed by atoms with Gasteiger partial charge in [0.25, 0.3) is 0 Å². The van der Waals surface area contributed by atoms with E-state index in [1.54, 1.807) is 0 Å². The molecule has 1 aromatic carbocycles. The SMILES string of the molecule is COC1(c2ccccc2CC2CCCNC2)CC1. The fourth-order valence-electron chi connectivity index (χ4n) is 3.25. The van der Waals surface area contributed by atoms with Crippen LogP contribution in [0.25, 0.3) is 0 Å². The van der Waals surface area contributed by atoms with Crippen LogP contribution in [-0.2, 0) is 16.8 Å². The predicted molar refractivity (Wildman–Crippen MR) is 73.7 cm³/mol. The van der Waals surface area contributed by atoms with E-state index in [0.29, 0.717) is 0 Å². The predicted octanol–water partition coefficient (Wildman–Crippen LogP) is 2.86. The second-order valence-electron chi connectivity index (χ2n) is 5.77. The molecule has 1 aliphatic heterocycles. The van der Waals surface area contributed by atoms with Gasteiger partial charge in [0.05, 0.1) is 5.60 Å². The Morgan fingerprint density at radius 3 is 2.83 bits per heavy atom. The molecular weight excluding hydrogens is 222 g/mol. The summed E-state index contributed by atoms with van der Waals surface area (Å²) in [6.07, 6.45) is 6.25. The average molecular weight is 245 g/mol. The van der Waals surface area contributed by atoms with Crippen molar-refractivity contribution in [2.24, 2.45) is 5.92 Å². The molecule has 3 rings (SSSR count). The first-order valence-corrected chi connectivity index (χ1v) is 7.18. The van der Waals surface area contributed by atoms with Crippen LogP contribution in [0.1, 0.15) is 36.8 Å². The van der Waals surface area contributed by atoms with Crippen LogP contribution in [0.2, 0.25) is 0 Å². The zero-order valence-corrected chi connectivity index (χ0v) is 11.2. The van der Waals surface area contributed by atoms with Crippen molar-refractivity contribution in [2.75, 3.05) is 20.2 Å². The highest BCUT2D eigenvalue weighted by Crippen LogP contribution is 2.50. The number of hydrogen-bond donors (Lipinski definition) is 1. The molecule has 1 saturated heterocycles. The molecule has 1 aromatic rings. The highest BCUT2D eigenvalue weighted by Gasteiger charge is 2.45. The smallest absolute Gasteiger partial charge is 0.0932 e. The minimum absolute atomic E-state index is 0.0543. The molecule has 1 heterocycles. The summed E-state index contributed by atoms with van der Waals surface area (Å²) >= 11 is 0. The van der Waals surface area contributed by atoms with E-state index < -0.39 is 0 Å². The highest BCUT2D eigenvalue weighted by molar-refractivity contribution is 5.36. The summed E-state index contributed by atoms with van der Waals surface area (Å²) in [6.45, 7) is 2.37. The monoisotopic (exact) mass is 245 g/mol. The molecule has 18 heavy (non-hydrogen) atoms. The summed E-state index contributed by atoms with van der Waals surface area (Å²) < 4.78 is 5.75. The Morgan fingerprint density at radius 1 is 1.33 bits per heavy atom. The summed E-state index contributed by atoms with van der Waals surface area (Å²) in [4.78, 5) is 0. The lowest BCUT2D eigenvalue weighted by atomic mass is 9.88. The second kappa shape index (κ2) is 5.02. The molecule has 1 N–H and O–H groups in total. The average Bonchev–Trinajstić information content (AvgIpc) is 3.22. The third kappa shape index (κ3) is 2.32. The van der Waals surface area contributed by atoms with Crippen LogP contribution in [-0.4, -0.2) is 20.2 Å². The number of nitrogens with one attached hydrogen (secondary N) is 1. The zero-order chi connectivity index (χ0) is 12.4. The van der Waals surface area contributed by atoms with Gasteiger partial charge in [0, 0.05) is 7.11 Å².